The normalized spacial score (nSPS) is 10.2. The van der Waals surface area contributed by atoms with Gasteiger partial charge in [0.2, 0.25) is 5.56 Å². The fourth-order valence-electron chi connectivity index (χ4n) is 1.53. The van der Waals surface area contributed by atoms with E-state index in [4.69, 9.17) is 0 Å². The number of Topliss-reactive ketones (excluding diaryl/α,β-unsaturated/α-hetero) is 1. The lowest BCUT2D eigenvalue weighted by molar-refractivity contribution is 0.101. The molecule has 1 heterocycles. The van der Waals surface area contributed by atoms with Crippen LogP contribution in [0.25, 0.3) is 11.3 Å². The molecule has 3 nitrogen and oxygen atoms in total. The van der Waals surface area contributed by atoms with E-state index in [1.807, 2.05) is 0 Å². The Balaban J connectivity index is 2.55. The minimum atomic E-state index is -0.350. The molecule has 0 saturated carbocycles. The molecule has 0 spiro atoms. The first kappa shape index (κ1) is 11.3. The molecule has 0 radical (unpaired) electrons. The standard InChI is InChI=1S/C13H10FNO2/c1-8(16)10-6-12(15-13(17)7-10)9-2-4-11(14)5-3-9/h2-7H,1H3,(H,15,17). The van der Waals surface area contributed by atoms with Gasteiger partial charge in [0, 0.05) is 17.3 Å². The average Bonchev–Trinajstić information content (AvgIpc) is 2.29. The molecule has 0 amide bonds. The van der Waals surface area contributed by atoms with Crippen LogP contribution in [0.3, 0.4) is 0 Å². The number of pyridine rings is 1. The van der Waals surface area contributed by atoms with Crippen LogP contribution in [-0.4, -0.2) is 10.8 Å². The number of hydrogen-bond donors (Lipinski definition) is 1. The zero-order chi connectivity index (χ0) is 12.4. The van der Waals surface area contributed by atoms with E-state index in [1.165, 1.54) is 25.1 Å². The number of H-pyrrole nitrogens is 1. The molecule has 1 aromatic carbocycles. The van der Waals surface area contributed by atoms with Crippen molar-refractivity contribution >= 4 is 5.78 Å². The lowest BCUT2D eigenvalue weighted by atomic mass is 10.1. The van der Waals surface area contributed by atoms with Gasteiger partial charge in [-0.2, -0.15) is 0 Å². The van der Waals surface area contributed by atoms with Crippen molar-refractivity contribution in [1.29, 1.82) is 0 Å². The first-order valence-electron chi connectivity index (χ1n) is 5.07. The molecule has 0 saturated heterocycles. The molecule has 0 aliphatic rings. The number of hydrogen-bond acceptors (Lipinski definition) is 2. The molecule has 0 aliphatic carbocycles. The Morgan fingerprint density at radius 1 is 1.18 bits per heavy atom. The smallest absolute Gasteiger partial charge is 0.249 e. The van der Waals surface area contributed by atoms with E-state index >= 15 is 0 Å². The van der Waals surface area contributed by atoms with Crippen molar-refractivity contribution in [2.24, 2.45) is 0 Å². The number of aromatic nitrogens is 1. The SMILES string of the molecule is CC(=O)c1cc(-c2ccc(F)cc2)[nH]c(=O)c1. The van der Waals surface area contributed by atoms with Gasteiger partial charge < -0.3 is 4.98 Å². The van der Waals surface area contributed by atoms with Crippen LogP contribution in [0, 0.1) is 5.82 Å². The molecule has 86 valence electrons. The summed E-state index contributed by atoms with van der Waals surface area (Å²) in [6.45, 7) is 1.39. The van der Waals surface area contributed by atoms with Crippen molar-refractivity contribution in [3.05, 3.63) is 58.1 Å². The van der Waals surface area contributed by atoms with E-state index in [1.54, 1.807) is 18.2 Å². The maximum absolute atomic E-state index is 12.8. The zero-order valence-electron chi connectivity index (χ0n) is 9.16. The molecule has 4 heteroatoms. The summed E-state index contributed by atoms with van der Waals surface area (Å²) in [4.78, 5) is 25.2. The highest BCUT2D eigenvalue weighted by molar-refractivity contribution is 5.94. The summed E-state index contributed by atoms with van der Waals surface area (Å²) in [6, 6.07) is 8.52. The molecule has 0 atom stereocenters. The van der Waals surface area contributed by atoms with Crippen molar-refractivity contribution < 1.29 is 9.18 Å². The summed E-state index contributed by atoms with van der Waals surface area (Å²) in [6.07, 6.45) is 0. The molecule has 2 aromatic rings. The van der Waals surface area contributed by atoms with Crippen molar-refractivity contribution in [2.45, 2.75) is 6.92 Å². The number of aromatic amines is 1. The van der Waals surface area contributed by atoms with E-state index < -0.39 is 0 Å². The second kappa shape index (κ2) is 4.33. The summed E-state index contributed by atoms with van der Waals surface area (Å²) in [5.41, 5.74) is 1.15. The van der Waals surface area contributed by atoms with Crippen molar-refractivity contribution in [1.82, 2.24) is 4.98 Å². The number of carbonyl (C=O) groups is 1. The van der Waals surface area contributed by atoms with E-state index in [9.17, 15) is 14.0 Å². The van der Waals surface area contributed by atoms with Crippen LogP contribution in [-0.2, 0) is 0 Å². The van der Waals surface area contributed by atoms with Gasteiger partial charge in [-0.1, -0.05) is 0 Å². The van der Waals surface area contributed by atoms with Gasteiger partial charge in [-0.15, -0.1) is 0 Å². The average molecular weight is 231 g/mol. The first-order valence-corrected chi connectivity index (χ1v) is 5.07. The van der Waals surface area contributed by atoms with Gasteiger partial charge in [0.1, 0.15) is 5.82 Å². The van der Waals surface area contributed by atoms with Crippen molar-refractivity contribution in [3.8, 4) is 11.3 Å². The monoisotopic (exact) mass is 231 g/mol. The van der Waals surface area contributed by atoms with Crippen LogP contribution in [0.1, 0.15) is 17.3 Å². The molecule has 0 bridgehead atoms. The number of benzene rings is 1. The van der Waals surface area contributed by atoms with Gasteiger partial charge in [-0.3, -0.25) is 9.59 Å². The molecule has 17 heavy (non-hydrogen) atoms. The lowest BCUT2D eigenvalue weighted by Crippen LogP contribution is -2.09. The molecule has 2 rings (SSSR count). The predicted molar refractivity (Wildman–Crippen MR) is 62.5 cm³/mol. The fourth-order valence-corrected chi connectivity index (χ4v) is 1.53. The van der Waals surface area contributed by atoms with E-state index in [0.29, 0.717) is 16.8 Å². The molecule has 1 aromatic heterocycles. The zero-order valence-corrected chi connectivity index (χ0v) is 9.16. The quantitative estimate of drug-likeness (QED) is 0.807. The molecule has 0 aliphatic heterocycles. The minimum Gasteiger partial charge on any atom is -0.322 e. The summed E-state index contributed by atoms with van der Waals surface area (Å²) in [5, 5.41) is 0. The molecule has 1 N–H and O–H groups in total. The second-order valence-electron chi connectivity index (χ2n) is 3.71. The molecule has 0 fully saturated rings. The van der Waals surface area contributed by atoms with Crippen LogP contribution in [0.2, 0.25) is 0 Å². The summed E-state index contributed by atoms with van der Waals surface area (Å²) in [7, 11) is 0. The Labute approximate surface area is 96.9 Å². The Morgan fingerprint density at radius 2 is 1.82 bits per heavy atom. The topological polar surface area (TPSA) is 49.9 Å². The summed E-state index contributed by atoms with van der Waals surface area (Å²) in [5.74, 6) is -0.529. The van der Waals surface area contributed by atoms with Gasteiger partial charge in [0.05, 0.1) is 0 Å². The highest BCUT2D eigenvalue weighted by Gasteiger charge is 2.05. The number of halogens is 1. The third-order valence-corrected chi connectivity index (χ3v) is 2.41. The Bertz CT molecular complexity index is 614. The number of rotatable bonds is 2. The first-order chi connectivity index (χ1) is 8.06. The number of carbonyl (C=O) groups excluding carboxylic acids is 1. The number of ketones is 1. The van der Waals surface area contributed by atoms with Crippen LogP contribution in [0.5, 0.6) is 0 Å². The van der Waals surface area contributed by atoms with Crippen LogP contribution in [0.4, 0.5) is 4.39 Å². The van der Waals surface area contributed by atoms with E-state index in [2.05, 4.69) is 4.98 Å². The van der Waals surface area contributed by atoms with Crippen molar-refractivity contribution in [2.75, 3.05) is 0 Å². The second-order valence-corrected chi connectivity index (χ2v) is 3.71. The van der Waals surface area contributed by atoms with Crippen molar-refractivity contribution in [3.63, 3.8) is 0 Å². The Morgan fingerprint density at radius 3 is 2.41 bits per heavy atom. The summed E-state index contributed by atoms with van der Waals surface area (Å²) >= 11 is 0. The van der Waals surface area contributed by atoms with Gasteiger partial charge in [-0.25, -0.2) is 4.39 Å². The third-order valence-electron chi connectivity index (χ3n) is 2.41. The molecular weight excluding hydrogens is 221 g/mol. The van der Waals surface area contributed by atoms with Crippen LogP contribution in [0.15, 0.2) is 41.2 Å². The Kier molecular flexibility index (Phi) is 2.87. The third kappa shape index (κ3) is 2.47. The lowest BCUT2D eigenvalue weighted by Gasteiger charge is -2.03. The highest BCUT2D eigenvalue weighted by Crippen LogP contribution is 2.17. The van der Waals surface area contributed by atoms with Gasteiger partial charge in [-0.05, 0) is 42.8 Å². The summed E-state index contributed by atoms with van der Waals surface area (Å²) < 4.78 is 12.8. The van der Waals surface area contributed by atoms with Crippen LogP contribution >= 0.6 is 0 Å². The molecular formula is C13H10FNO2. The maximum atomic E-state index is 12.8. The van der Waals surface area contributed by atoms with Gasteiger partial charge >= 0.3 is 0 Å². The van der Waals surface area contributed by atoms with Crippen LogP contribution < -0.4 is 5.56 Å². The van der Waals surface area contributed by atoms with Gasteiger partial charge in [0.25, 0.3) is 0 Å². The number of nitrogens with one attached hydrogen (secondary N) is 1. The van der Waals surface area contributed by atoms with Gasteiger partial charge in [0.15, 0.2) is 5.78 Å². The minimum absolute atomic E-state index is 0.181. The fraction of sp³-hybridized carbons (Fsp3) is 0.0769. The molecule has 0 unspecified atom stereocenters. The van der Waals surface area contributed by atoms with E-state index in [-0.39, 0.29) is 17.2 Å². The highest BCUT2D eigenvalue weighted by atomic mass is 19.1. The Hall–Kier alpha value is -2.23. The maximum Gasteiger partial charge on any atom is 0.249 e. The van der Waals surface area contributed by atoms with E-state index in [0.717, 1.165) is 0 Å². The largest absolute Gasteiger partial charge is 0.322 e. The predicted octanol–water partition coefficient (Wildman–Crippen LogP) is 2.38.